The summed E-state index contributed by atoms with van der Waals surface area (Å²) < 4.78 is 1.76. The van der Waals surface area contributed by atoms with Gasteiger partial charge in [-0.2, -0.15) is 0 Å². The molecular formula is C16H19Cl2N5O5. The van der Waals surface area contributed by atoms with E-state index in [4.69, 9.17) is 0 Å². The van der Waals surface area contributed by atoms with Crippen LogP contribution in [0, 0.1) is 10.1 Å². The quantitative estimate of drug-likeness (QED) is 0.190. The van der Waals surface area contributed by atoms with Crippen LogP contribution in [0.25, 0.3) is 0 Å². The van der Waals surface area contributed by atoms with Crippen LogP contribution >= 0.6 is 12.4 Å². The van der Waals surface area contributed by atoms with Crippen molar-refractivity contribution in [3.8, 4) is 0 Å². The van der Waals surface area contributed by atoms with Crippen LogP contribution in [0.2, 0.25) is 0 Å². The molecule has 0 aliphatic heterocycles. The minimum atomic E-state index is -0.914. The summed E-state index contributed by atoms with van der Waals surface area (Å²) >= 11 is 0. The van der Waals surface area contributed by atoms with Crippen molar-refractivity contribution in [2.45, 2.75) is 6.54 Å². The van der Waals surface area contributed by atoms with Gasteiger partial charge >= 0.3 is 0 Å². The summed E-state index contributed by atoms with van der Waals surface area (Å²) in [6.07, 6.45) is 6.46. The van der Waals surface area contributed by atoms with Gasteiger partial charge in [-0.1, -0.05) is 0 Å². The highest BCUT2D eigenvalue weighted by Gasteiger charge is 2.11. The number of carbonyl (C=O) groups excluding carboxylic acids is 2. The van der Waals surface area contributed by atoms with Gasteiger partial charge in [0.2, 0.25) is 0 Å². The van der Waals surface area contributed by atoms with Crippen LogP contribution in [0.15, 0.2) is 49.1 Å². The number of aromatic nitrogens is 2. The molecule has 0 unspecified atom stereocenters. The zero-order valence-electron chi connectivity index (χ0n) is 14.6. The molecule has 2 aromatic rings. The van der Waals surface area contributed by atoms with E-state index in [2.05, 4.69) is 20.5 Å². The lowest BCUT2D eigenvalue weighted by Gasteiger charge is -2.05. The molecule has 0 aliphatic carbocycles. The van der Waals surface area contributed by atoms with Crippen molar-refractivity contribution < 1.29 is 36.5 Å². The zero-order valence-corrected chi connectivity index (χ0v) is 16.2. The molecule has 12 heteroatoms. The minimum absolute atomic E-state index is 0. The van der Waals surface area contributed by atoms with Crippen LogP contribution in [0.5, 0.6) is 0 Å². The molecule has 0 saturated carbocycles. The predicted molar refractivity (Wildman–Crippen MR) is 95.7 cm³/mol. The van der Waals surface area contributed by atoms with Gasteiger partial charge in [-0.15, -0.1) is 22.5 Å². The highest BCUT2D eigenvalue weighted by Crippen LogP contribution is 1.96. The highest BCUT2D eigenvalue weighted by molar-refractivity contribution is 5.94. The fourth-order valence-electron chi connectivity index (χ4n) is 2.08. The highest BCUT2D eigenvalue weighted by atomic mass is 35.5. The number of carbonyl (C=O) groups is 2. The van der Waals surface area contributed by atoms with Crippen LogP contribution in [0.3, 0.4) is 0 Å². The van der Waals surface area contributed by atoms with Crippen LogP contribution < -0.4 is 27.6 Å². The molecule has 2 heterocycles. The van der Waals surface area contributed by atoms with Crippen molar-refractivity contribution in [2.75, 3.05) is 19.7 Å². The fraction of sp³-hybridized carbons (Fsp3) is 0.250. The van der Waals surface area contributed by atoms with Crippen LogP contribution in [0.1, 0.15) is 20.7 Å². The molecule has 2 aromatic heterocycles. The number of hydrogen-bond acceptors (Lipinski definition) is 6. The van der Waals surface area contributed by atoms with Gasteiger partial charge in [0.25, 0.3) is 16.9 Å². The van der Waals surface area contributed by atoms with Crippen molar-refractivity contribution in [3.05, 3.63) is 70.3 Å². The average Bonchev–Trinajstić information content (AvgIpc) is 2.66. The lowest BCUT2D eigenvalue weighted by atomic mass is 10.2. The van der Waals surface area contributed by atoms with Crippen molar-refractivity contribution in [3.63, 3.8) is 0 Å². The molecule has 2 rings (SSSR count). The van der Waals surface area contributed by atoms with E-state index >= 15 is 0 Å². The molecule has 2 amide bonds. The Balaban J connectivity index is 0.00000364. The third kappa shape index (κ3) is 8.60. The summed E-state index contributed by atoms with van der Waals surface area (Å²) in [4.78, 5) is 41.9. The maximum atomic E-state index is 12.0. The molecule has 0 atom stereocenters. The molecule has 0 aromatic carbocycles. The third-order valence-corrected chi connectivity index (χ3v) is 3.28. The van der Waals surface area contributed by atoms with E-state index in [1.54, 1.807) is 47.4 Å². The molecule has 10 nitrogen and oxygen atoms in total. The van der Waals surface area contributed by atoms with Crippen molar-refractivity contribution >= 4 is 24.2 Å². The van der Waals surface area contributed by atoms with Gasteiger partial charge < -0.3 is 27.9 Å². The number of hydrogen-bond donors (Lipinski definition) is 2. The average molecular weight is 432 g/mol. The van der Waals surface area contributed by atoms with E-state index in [0.29, 0.717) is 24.2 Å². The largest absolute Gasteiger partial charge is 1.00 e. The number of halogens is 2. The third-order valence-electron chi connectivity index (χ3n) is 3.28. The first-order valence-corrected chi connectivity index (χ1v) is 7.79. The van der Waals surface area contributed by atoms with Gasteiger partial charge in [0.1, 0.15) is 12.2 Å². The van der Waals surface area contributed by atoms with Crippen LogP contribution in [-0.2, 0) is 11.4 Å². The molecule has 0 spiro atoms. The summed E-state index contributed by atoms with van der Waals surface area (Å²) in [5.41, 5.74) is 0.870. The molecule has 0 bridgehead atoms. The van der Waals surface area contributed by atoms with E-state index in [1.165, 1.54) is 6.20 Å². The second-order valence-corrected chi connectivity index (χ2v) is 5.14. The SMILES string of the molecule is Cl.O=C(NCCO[N+](=O)[O-])c1ccc[n+](CCNC(=O)c2cccnc2)c1.[Cl-]. The first-order chi connectivity index (χ1) is 12.6. The Bertz CT molecular complexity index is 779. The van der Waals surface area contributed by atoms with Crippen molar-refractivity contribution in [1.82, 2.24) is 15.6 Å². The van der Waals surface area contributed by atoms with Crippen molar-refractivity contribution in [2.24, 2.45) is 0 Å². The summed E-state index contributed by atoms with van der Waals surface area (Å²) in [5.74, 6) is -0.593. The lowest BCUT2D eigenvalue weighted by Crippen LogP contribution is -3.00. The standard InChI is InChI=1S/C16H17N5O5.2ClH/c22-15(13-3-1-5-17-11-13)18-6-9-20-8-2-4-14(12-20)16(23)19-7-10-26-21(24)25;;/h1-5,8,11-12H,6-7,9-10H2,(H-,18,19,22,23);2*1H. The van der Waals surface area contributed by atoms with Gasteiger partial charge in [0, 0.05) is 25.0 Å². The molecule has 28 heavy (non-hydrogen) atoms. The Kier molecular flexibility index (Phi) is 11.8. The van der Waals surface area contributed by atoms with E-state index < -0.39 is 5.09 Å². The summed E-state index contributed by atoms with van der Waals surface area (Å²) in [6.45, 7) is 0.652. The molecule has 0 radical (unpaired) electrons. The van der Waals surface area contributed by atoms with E-state index in [9.17, 15) is 19.7 Å². The maximum absolute atomic E-state index is 12.0. The Hall–Kier alpha value is -2.98. The Labute approximate surface area is 173 Å². The zero-order chi connectivity index (χ0) is 18.8. The topological polar surface area (TPSA) is 127 Å². The Morgan fingerprint density at radius 2 is 1.82 bits per heavy atom. The van der Waals surface area contributed by atoms with E-state index in [-0.39, 0.29) is 49.8 Å². The fourth-order valence-corrected chi connectivity index (χ4v) is 2.08. The molecule has 0 saturated heterocycles. The Morgan fingerprint density at radius 1 is 1.14 bits per heavy atom. The first-order valence-electron chi connectivity index (χ1n) is 7.79. The molecule has 0 fully saturated rings. The van der Waals surface area contributed by atoms with E-state index in [1.807, 2.05) is 0 Å². The monoisotopic (exact) mass is 431 g/mol. The minimum Gasteiger partial charge on any atom is -1.00 e. The van der Waals surface area contributed by atoms with Gasteiger partial charge in [0.05, 0.1) is 12.1 Å². The number of rotatable bonds is 9. The summed E-state index contributed by atoms with van der Waals surface area (Å²) in [5, 5.41) is 14.4. The number of nitrogens with one attached hydrogen (secondary N) is 2. The van der Waals surface area contributed by atoms with Crippen LogP contribution in [-0.4, -0.2) is 41.6 Å². The first kappa shape index (κ1) is 25.0. The van der Waals surface area contributed by atoms with Crippen LogP contribution in [0.4, 0.5) is 0 Å². The van der Waals surface area contributed by atoms with Gasteiger partial charge in [-0.05, 0) is 18.2 Å². The second-order valence-electron chi connectivity index (χ2n) is 5.14. The smallest absolute Gasteiger partial charge is 0.294 e. The number of nitrogens with zero attached hydrogens (tertiary/aromatic N) is 3. The summed E-state index contributed by atoms with van der Waals surface area (Å²) in [7, 11) is 0. The van der Waals surface area contributed by atoms with Gasteiger partial charge in [0.15, 0.2) is 18.9 Å². The van der Waals surface area contributed by atoms with Crippen molar-refractivity contribution in [1.29, 1.82) is 0 Å². The Morgan fingerprint density at radius 3 is 2.50 bits per heavy atom. The summed E-state index contributed by atoms with van der Waals surface area (Å²) in [6, 6.07) is 6.67. The number of amides is 2. The van der Waals surface area contributed by atoms with E-state index in [0.717, 1.165) is 0 Å². The molecule has 152 valence electrons. The second kappa shape index (κ2) is 13.2. The molecule has 2 N–H and O–H groups in total. The molecule has 0 aliphatic rings. The predicted octanol–water partition coefficient (Wildman–Crippen LogP) is -2.84. The normalized spacial score (nSPS) is 9.29. The lowest BCUT2D eigenvalue weighted by molar-refractivity contribution is -0.757. The maximum Gasteiger partial charge on any atom is 0.294 e. The molecular weight excluding hydrogens is 413 g/mol. The number of pyridine rings is 2. The van der Waals surface area contributed by atoms with Gasteiger partial charge in [-0.3, -0.25) is 14.6 Å². The van der Waals surface area contributed by atoms with Gasteiger partial charge in [-0.25, -0.2) is 4.57 Å².